The van der Waals surface area contributed by atoms with Gasteiger partial charge in [-0.05, 0) is 49.2 Å². The van der Waals surface area contributed by atoms with Crippen LogP contribution in [-0.4, -0.2) is 29.8 Å². The number of aromatic nitrogens is 2. The van der Waals surface area contributed by atoms with Crippen LogP contribution in [0.3, 0.4) is 0 Å². The predicted octanol–water partition coefficient (Wildman–Crippen LogP) is 3.37. The normalized spacial score (nSPS) is 10.5. The number of nitrogens with one attached hydrogen (secondary N) is 2. The maximum absolute atomic E-state index is 12.2. The number of hydrogen-bond donors (Lipinski definition) is 2. The Hall–Kier alpha value is -3.08. The van der Waals surface area contributed by atoms with Crippen molar-refractivity contribution in [2.24, 2.45) is 0 Å². The molecule has 0 aliphatic heterocycles. The van der Waals surface area contributed by atoms with Crippen molar-refractivity contribution in [3.8, 4) is 17.0 Å². The van der Waals surface area contributed by atoms with Crippen molar-refractivity contribution in [1.82, 2.24) is 15.5 Å². The molecular formula is C20H21N3O2. The van der Waals surface area contributed by atoms with E-state index in [1.54, 1.807) is 13.2 Å². The lowest BCUT2D eigenvalue weighted by molar-refractivity contribution is 0.0949. The maximum Gasteiger partial charge on any atom is 0.269 e. The Morgan fingerprint density at radius 1 is 1.12 bits per heavy atom. The molecule has 25 heavy (non-hydrogen) atoms. The lowest BCUT2D eigenvalue weighted by Gasteiger charge is -2.04. The summed E-state index contributed by atoms with van der Waals surface area (Å²) in [4.78, 5) is 12.2. The molecule has 0 radical (unpaired) electrons. The average molecular weight is 335 g/mol. The summed E-state index contributed by atoms with van der Waals surface area (Å²) >= 11 is 0. The first kappa shape index (κ1) is 16.8. The summed E-state index contributed by atoms with van der Waals surface area (Å²) in [5.74, 6) is 0.632. The number of H-pyrrole nitrogens is 1. The van der Waals surface area contributed by atoms with Gasteiger partial charge in [-0.15, -0.1) is 0 Å². The molecule has 2 N–H and O–H groups in total. The van der Waals surface area contributed by atoms with Gasteiger partial charge in [-0.1, -0.05) is 29.8 Å². The first-order valence-corrected chi connectivity index (χ1v) is 8.19. The van der Waals surface area contributed by atoms with E-state index in [2.05, 4.69) is 46.7 Å². The van der Waals surface area contributed by atoms with Gasteiger partial charge in [0, 0.05) is 12.1 Å². The van der Waals surface area contributed by atoms with Crippen molar-refractivity contribution in [2.75, 3.05) is 13.7 Å². The van der Waals surface area contributed by atoms with Crippen LogP contribution in [0.4, 0.5) is 0 Å². The van der Waals surface area contributed by atoms with Crippen molar-refractivity contribution < 1.29 is 9.53 Å². The highest BCUT2D eigenvalue weighted by Crippen LogP contribution is 2.21. The van der Waals surface area contributed by atoms with Gasteiger partial charge in [-0.3, -0.25) is 9.89 Å². The Morgan fingerprint density at radius 2 is 1.84 bits per heavy atom. The van der Waals surface area contributed by atoms with E-state index in [4.69, 9.17) is 4.74 Å². The monoisotopic (exact) mass is 335 g/mol. The van der Waals surface area contributed by atoms with E-state index >= 15 is 0 Å². The average Bonchev–Trinajstić information content (AvgIpc) is 3.13. The van der Waals surface area contributed by atoms with Crippen LogP contribution in [0.2, 0.25) is 0 Å². The minimum atomic E-state index is -0.153. The number of aryl methyl sites for hydroxylation is 1. The van der Waals surface area contributed by atoms with Gasteiger partial charge in [0.05, 0.1) is 12.8 Å². The van der Waals surface area contributed by atoms with Crippen LogP contribution in [0.25, 0.3) is 11.3 Å². The van der Waals surface area contributed by atoms with Crippen LogP contribution in [0.5, 0.6) is 5.75 Å². The summed E-state index contributed by atoms with van der Waals surface area (Å²) < 4.78 is 5.14. The molecule has 0 spiro atoms. The highest BCUT2D eigenvalue weighted by molar-refractivity contribution is 5.93. The van der Waals surface area contributed by atoms with E-state index < -0.39 is 0 Å². The Kier molecular flexibility index (Phi) is 5.14. The van der Waals surface area contributed by atoms with Crippen molar-refractivity contribution in [1.29, 1.82) is 0 Å². The molecule has 0 atom stereocenters. The van der Waals surface area contributed by atoms with Gasteiger partial charge in [0.1, 0.15) is 11.4 Å². The van der Waals surface area contributed by atoms with Gasteiger partial charge >= 0.3 is 0 Å². The summed E-state index contributed by atoms with van der Waals surface area (Å²) in [5, 5.41) is 9.92. The van der Waals surface area contributed by atoms with E-state index in [-0.39, 0.29) is 5.91 Å². The van der Waals surface area contributed by atoms with Gasteiger partial charge in [0.2, 0.25) is 0 Å². The maximum atomic E-state index is 12.2. The molecule has 5 nitrogen and oxygen atoms in total. The number of methoxy groups -OCH3 is 1. The first-order chi connectivity index (χ1) is 12.2. The quantitative estimate of drug-likeness (QED) is 0.726. The van der Waals surface area contributed by atoms with Crippen LogP contribution < -0.4 is 10.1 Å². The third kappa shape index (κ3) is 4.26. The Labute approximate surface area is 147 Å². The van der Waals surface area contributed by atoms with Gasteiger partial charge in [-0.25, -0.2) is 0 Å². The molecule has 5 heteroatoms. The number of aromatic amines is 1. The van der Waals surface area contributed by atoms with E-state index in [0.717, 1.165) is 23.4 Å². The lowest BCUT2D eigenvalue weighted by Crippen LogP contribution is -2.26. The SMILES string of the molecule is COc1ccc(-c2cc(C(=O)NCCc3ccc(C)cc3)[nH]n2)cc1. The van der Waals surface area contributed by atoms with Crippen LogP contribution in [0.15, 0.2) is 54.6 Å². The molecule has 3 rings (SSSR count). The molecule has 0 saturated heterocycles. The number of carbonyl (C=O) groups excluding carboxylic acids is 1. The van der Waals surface area contributed by atoms with Gasteiger partial charge in [0.25, 0.3) is 5.91 Å². The Balaban J connectivity index is 1.57. The summed E-state index contributed by atoms with van der Waals surface area (Å²) in [6, 6.07) is 17.6. The molecule has 128 valence electrons. The van der Waals surface area contributed by atoms with Crippen LogP contribution in [0.1, 0.15) is 21.6 Å². The molecule has 0 bridgehead atoms. The Morgan fingerprint density at radius 3 is 2.52 bits per heavy atom. The van der Waals surface area contributed by atoms with E-state index in [1.165, 1.54) is 11.1 Å². The molecule has 0 unspecified atom stereocenters. The van der Waals surface area contributed by atoms with Crippen molar-refractivity contribution in [2.45, 2.75) is 13.3 Å². The molecule has 2 aromatic carbocycles. The molecule has 0 fully saturated rings. The molecule has 1 heterocycles. The van der Waals surface area contributed by atoms with Crippen LogP contribution in [0, 0.1) is 6.92 Å². The molecule has 0 aliphatic carbocycles. The standard InChI is InChI=1S/C20H21N3O2/c1-14-3-5-15(6-4-14)11-12-21-20(24)19-13-18(22-23-19)16-7-9-17(25-2)10-8-16/h3-10,13H,11-12H2,1-2H3,(H,21,24)(H,22,23). The minimum Gasteiger partial charge on any atom is -0.497 e. The third-order valence-corrected chi connectivity index (χ3v) is 4.03. The van der Waals surface area contributed by atoms with E-state index in [0.29, 0.717) is 12.2 Å². The summed E-state index contributed by atoms with van der Waals surface area (Å²) in [7, 11) is 1.63. The van der Waals surface area contributed by atoms with Crippen molar-refractivity contribution in [3.63, 3.8) is 0 Å². The first-order valence-electron chi connectivity index (χ1n) is 8.19. The second-order valence-corrected chi connectivity index (χ2v) is 5.89. The number of ether oxygens (including phenoxy) is 1. The highest BCUT2D eigenvalue weighted by atomic mass is 16.5. The number of rotatable bonds is 6. The van der Waals surface area contributed by atoms with Crippen molar-refractivity contribution >= 4 is 5.91 Å². The second-order valence-electron chi connectivity index (χ2n) is 5.89. The molecule has 0 aliphatic rings. The van der Waals surface area contributed by atoms with Gasteiger partial charge in [-0.2, -0.15) is 5.10 Å². The number of benzene rings is 2. The topological polar surface area (TPSA) is 67.0 Å². The number of nitrogens with zero attached hydrogens (tertiary/aromatic N) is 1. The minimum absolute atomic E-state index is 0.153. The summed E-state index contributed by atoms with van der Waals surface area (Å²) in [6.07, 6.45) is 0.797. The fraction of sp³-hybridized carbons (Fsp3) is 0.200. The van der Waals surface area contributed by atoms with Gasteiger partial charge in [0.15, 0.2) is 0 Å². The molecule has 1 aromatic heterocycles. The smallest absolute Gasteiger partial charge is 0.269 e. The zero-order valence-corrected chi connectivity index (χ0v) is 14.4. The zero-order valence-electron chi connectivity index (χ0n) is 14.4. The molecule has 0 saturated carbocycles. The lowest BCUT2D eigenvalue weighted by atomic mass is 10.1. The number of carbonyl (C=O) groups is 1. The summed E-state index contributed by atoms with van der Waals surface area (Å²) in [6.45, 7) is 2.64. The van der Waals surface area contributed by atoms with Crippen LogP contribution >= 0.6 is 0 Å². The fourth-order valence-electron chi connectivity index (χ4n) is 2.52. The zero-order chi connectivity index (χ0) is 17.6. The Bertz CT molecular complexity index is 836. The summed E-state index contributed by atoms with van der Waals surface area (Å²) in [5.41, 5.74) is 4.54. The van der Waals surface area contributed by atoms with Gasteiger partial charge < -0.3 is 10.1 Å². The van der Waals surface area contributed by atoms with E-state index in [1.807, 2.05) is 24.3 Å². The second kappa shape index (κ2) is 7.66. The van der Waals surface area contributed by atoms with E-state index in [9.17, 15) is 4.79 Å². The predicted molar refractivity (Wildman–Crippen MR) is 97.8 cm³/mol. The third-order valence-electron chi connectivity index (χ3n) is 4.03. The fourth-order valence-corrected chi connectivity index (χ4v) is 2.52. The molecule has 3 aromatic rings. The highest BCUT2D eigenvalue weighted by Gasteiger charge is 2.10. The molecule has 1 amide bonds. The molecular weight excluding hydrogens is 314 g/mol. The van der Waals surface area contributed by atoms with Crippen molar-refractivity contribution in [3.05, 3.63) is 71.4 Å². The van der Waals surface area contributed by atoms with Crippen LogP contribution in [-0.2, 0) is 6.42 Å². The number of hydrogen-bond acceptors (Lipinski definition) is 3. The largest absolute Gasteiger partial charge is 0.497 e. The number of amides is 1.